The highest BCUT2D eigenvalue weighted by atomic mass is 19.3. The number of rotatable bonds is 6. The molecule has 0 atom stereocenters. The number of hydrogen-bond acceptors (Lipinski definition) is 3. The summed E-state index contributed by atoms with van der Waals surface area (Å²) in [6, 6.07) is 12.6. The number of fused-ring (bicyclic) bond motifs is 2. The molecule has 0 aromatic heterocycles. The minimum absolute atomic E-state index is 0.0715. The van der Waals surface area contributed by atoms with Crippen molar-refractivity contribution < 1.29 is 27.4 Å². The maximum atomic E-state index is 14.4. The van der Waals surface area contributed by atoms with Crippen LogP contribution in [0.2, 0.25) is 0 Å². The number of amides is 1. The lowest BCUT2D eigenvalue weighted by molar-refractivity contribution is -0.0493. The van der Waals surface area contributed by atoms with Crippen LogP contribution in [0.1, 0.15) is 29.3 Å². The highest BCUT2D eigenvalue weighted by Gasteiger charge is 2.38. The Kier molecular flexibility index (Phi) is 5.05. The van der Waals surface area contributed by atoms with Crippen molar-refractivity contribution >= 4 is 22.4 Å². The van der Waals surface area contributed by atoms with Gasteiger partial charge in [0.05, 0.1) is 24.4 Å². The van der Waals surface area contributed by atoms with Crippen LogP contribution in [-0.4, -0.2) is 19.1 Å². The lowest BCUT2D eigenvalue weighted by atomic mass is 9.99. The fourth-order valence-electron chi connectivity index (χ4n) is 3.61. The zero-order valence-corrected chi connectivity index (χ0v) is 15.6. The van der Waals surface area contributed by atoms with Gasteiger partial charge < -0.3 is 14.4 Å². The molecule has 0 radical (unpaired) electrons. The number of nitrogens with zero attached hydrogens (tertiary/aromatic N) is 1. The second kappa shape index (κ2) is 7.66. The quantitative estimate of drug-likeness (QED) is 0.545. The fraction of sp³-hybridized carbons (Fsp3) is 0.227. The Morgan fingerprint density at radius 1 is 1.03 bits per heavy atom. The number of carbonyl (C=O) groups is 1. The number of benzene rings is 3. The molecule has 1 heterocycles. The number of ether oxygens (including phenoxy) is 2. The van der Waals surface area contributed by atoms with Crippen molar-refractivity contribution in [2.75, 3.05) is 11.5 Å². The first-order chi connectivity index (χ1) is 14.0. The summed E-state index contributed by atoms with van der Waals surface area (Å²) >= 11 is 0. The highest BCUT2D eigenvalue weighted by molar-refractivity contribution is 6.16. The van der Waals surface area contributed by atoms with Gasteiger partial charge in [-0.15, -0.1) is 0 Å². The Balaban J connectivity index is 1.97. The van der Waals surface area contributed by atoms with E-state index in [1.165, 1.54) is 23.1 Å². The minimum Gasteiger partial charge on any atom is -0.492 e. The van der Waals surface area contributed by atoms with Crippen LogP contribution < -0.4 is 14.4 Å². The van der Waals surface area contributed by atoms with Crippen LogP contribution in [0.25, 0.3) is 10.8 Å². The summed E-state index contributed by atoms with van der Waals surface area (Å²) < 4.78 is 51.4. The molecule has 0 unspecified atom stereocenters. The lowest BCUT2D eigenvalue weighted by Gasteiger charge is -2.17. The van der Waals surface area contributed by atoms with Gasteiger partial charge in [0.25, 0.3) is 5.91 Å². The minimum atomic E-state index is -3.07. The van der Waals surface area contributed by atoms with Gasteiger partial charge in [-0.1, -0.05) is 43.3 Å². The molecule has 0 saturated carbocycles. The molecule has 0 spiro atoms. The van der Waals surface area contributed by atoms with E-state index in [1.807, 2.05) is 6.92 Å². The first kappa shape index (κ1) is 19.1. The van der Waals surface area contributed by atoms with Gasteiger partial charge in [-0.05, 0) is 18.6 Å². The van der Waals surface area contributed by atoms with E-state index < -0.39 is 18.3 Å². The van der Waals surface area contributed by atoms with Crippen molar-refractivity contribution in [3.63, 3.8) is 0 Å². The summed E-state index contributed by atoms with van der Waals surface area (Å²) in [6.07, 6.45) is 0.698. The summed E-state index contributed by atoms with van der Waals surface area (Å²) in [5, 5.41) is 0.917. The molecule has 0 saturated heterocycles. The molecule has 150 valence electrons. The molecule has 29 heavy (non-hydrogen) atoms. The van der Waals surface area contributed by atoms with E-state index in [4.69, 9.17) is 9.47 Å². The molecule has 1 aliphatic rings. The third-order valence-corrected chi connectivity index (χ3v) is 4.80. The van der Waals surface area contributed by atoms with Gasteiger partial charge in [-0.3, -0.25) is 4.79 Å². The largest absolute Gasteiger partial charge is 0.492 e. The summed E-state index contributed by atoms with van der Waals surface area (Å²) in [7, 11) is 0. The van der Waals surface area contributed by atoms with Gasteiger partial charge in [0.2, 0.25) is 0 Å². The molecule has 4 rings (SSSR count). The molecule has 7 heteroatoms. The van der Waals surface area contributed by atoms with Crippen LogP contribution >= 0.6 is 0 Å². The molecule has 0 N–H and O–H groups in total. The van der Waals surface area contributed by atoms with Gasteiger partial charge in [0, 0.05) is 16.3 Å². The first-order valence-electron chi connectivity index (χ1n) is 9.24. The first-order valence-corrected chi connectivity index (χ1v) is 9.24. The Labute approximate surface area is 165 Å². The highest BCUT2D eigenvalue weighted by Crippen LogP contribution is 2.46. The standard InChI is InChI=1S/C22H18F3NO3/c1-2-11-28-20-14-8-4-3-7-13(14)19(29-22(24)25)15-12-26(21(27)18(15)20)17-10-6-5-9-16(17)23/h3-10,22H,2,11-12H2,1H3. The SMILES string of the molecule is CCCOc1c2c(c(OC(F)F)c3ccccc13)CN(c1ccccc1F)C2=O. The smallest absolute Gasteiger partial charge is 0.387 e. The summed E-state index contributed by atoms with van der Waals surface area (Å²) in [4.78, 5) is 14.5. The number of halogens is 3. The third kappa shape index (κ3) is 3.26. The van der Waals surface area contributed by atoms with E-state index in [0.29, 0.717) is 29.5 Å². The second-order valence-corrected chi connectivity index (χ2v) is 6.63. The molecular weight excluding hydrogens is 383 g/mol. The van der Waals surface area contributed by atoms with Crippen LogP contribution in [0.4, 0.5) is 18.9 Å². The summed E-state index contributed by atoms with van der Waals surface area (Å²) in [5.41, 5.74) is 0.474. The van der Waals surface area contributed by atoms with Crippen LogP contribution in [0, 0.1) is 5.82 Å². The van der Waals surface area contributed by atoms with E-state index in [9.17, 15) is 18.0 Å². The summed E-state index contributed by atoms with van der Waals surface area (Å²) in [5.74, 6) is -0.865. The van der Waals surface area contributed by atoms with Crippen molar-refractivity contribution in [1.29, 1.82) is 0 Å². The predicted octanol–water partition coefficient (Wildman–Crippen LogP) is 5.53. The molecule has 3 aromatic rings. The normalized spacial score (nSPS) is 13.3. The molecule has 1 amide bonds. The van der Waals surface area contributed by atoms with E-state index >= 15 is 0 Å². The Hall–Kier alpha value is -3.22. The van der Waals surface area contributed by atoms with Crippen molar-refractivity contribution in [3.8, 4) is 11.5 Å². The van der Waals surface area contributed by atoms with Gasteiger partial charge in [-0.2, -0.15) is 8.78 Å². The number of carbonyl (C=O) groups excluding carboxylic acids is 1. The molecule has 0 bridgehead atoms. The van der Waals surface area contributed by atoms with Crippen LogP contribution in [0.3, 0.4) is 0 Å². The number of para-hydroxylation sites is 1. The molecule has 0 fully saturated rings. The third-order valence-electron chi connectivity index (χ3n) is 4.80. The van der Waals surface area contributed by atoms with E-state index in [2.05, 4.69) is 0 Å². The van der Waals surface area contributed by atoms with E-state index in [-0.39, 0.29) is 29.1 Å². The van der Waals surface area contributed by atoms with Crippen LogP contribution in [-0.2, 0) is 6.54 Å². The number of hydrogen-bond donors (Lipinski definition) is 0. The van der Waals surface area contributed by atoms with Gasteiger partial charge in [0.15, 0.2) is 0 Å². The maximum absolute atomic E-state index is 14.4. The van der Waals surface area contributed by atoms with Gasteiger partial charge in [0.1, 0.15) is 17.3 Å². The summed E-state index contributed by atoms with van der Waals surface area (Å²) in [6.45, 7) is -0.893. The van der Waals surface area contributed by atoms with Crippen molar-refractivity contribution in [1.82, 2.24) is 0 Å². The Morgan fingerprint density at radius 3 is 2.34 bits per heavy atom. The second-order valence-electron chi connectivity index (χ2n) is 6.63. The molecule has 3 aromatic carbocycles. The topological polar surface area (TPSA) is 38.8 Å². The van der Waals surface area contributed by atoms with E-state index in [0.717, 1.165) is 0 Å². The van der Waals surface area contributed by atoms with Crippen molar-refractivity contribution in [3.05, 3.63) is 65.5 Å². The van der Waals surface area contributed by atoms with Crippen LogP contribution in [0.5, 0.6) is 11.5 Å². The lowest BCUT2D eigenvalue weighted by Crippen LogP contribution is -2.24. The van der Waals surface area contributed by atoms with Gasteiger partial charge >= 0.3 is 6.61 Å². The molecule has 1 aliphatic heterocycles. The number of anilines is 1. The zero-order valence-electron chi connectivity index (χ0n) is 15.6. The van der Waals surface area contributed by atoms with E-state index in [1.54, 1.807) is 30.3 Å². The monoisotopic (exact) mass is 401 g/mol. The Bertz CT molecular complexity index is 1080. The fourth-order valence-corrected chi connectivity index (χ4v) is 3.61. The molecular formula is C22H18F3NO3. The van der Waals surface area contributed by atoms with Gasteiger partial charge in [-0.25, -0.2) is 4.39 Å². The molecule has 0 aliphatic carbocycles. The maximum Gasteiger partial charge on any atom is 0.387 e. The Morgan fingerprint density at radius 2 is 1.69 bits per heavy atom. The zero-order chi connectivity index (χ0) is 20.5. The van der Waals surface area contributed by atoms with Crippen LogP contribution in [0.15, 0.2) is 48.5 Å². The van der Waals surface area contributed by atoms with Crippen molar-refractivity contribution in [2.45, 2.75) is 26.5 Å². The average Bonchev–Trinajstić information content (AvgIpc) is 3.05. The average molecular weight is 401 g/mol. The van der Waals surface area contributed by atoms with Crippen molar-refractivity contribution in [2.24, 2.45) is 0 Å². The number of alkyl halides is 2. The molecule has 4 nitrogen and oxygen atoms in total. The predicted molar refractivity (Wildman–Crippen MR) is 103 cm³/mol.